The number of carbonyl (C=O) groups is 2. The van der Waals surface area contributed by atoms with Crippen LogP contribution in [0.5, 0.6) is 11.5 Å². The van der Waals surface area contributed by atoms with E-state index in [9.17, 15) is 14.7 Å². The Hall–Kier alpha value is -3.63. The molecule has 0 saturated heterocycles. The van der Waals surface area contributed by atoms with E-state index in [-0.39, 0.29) is 36.7 Å². The van der Waals surface area contributed by atoms with E-state index < -0.39 is 23.2 Å². The molecular formula is C29H36N4O6. The summed E-state index contributed by atoms with van der Waals surface area (Å²) < 4.78 is 17.2. The van der Waals surface area contributed by atoms with E-state index in [4.69, 9.17) is 19.9 Å². The quantitative estimate of drug-likeness (QED) is 0.517. The molecule has 0 fully saturated rings. The maximum atomic E-state index is 13.6. The Morgan fingerprint density at radius 2 is 1.95 bits per heavy atom. The first kappa shape index (κ1) is 27.0. The zero-order valence-electron chi connectivity index (χ0n) is 22.8. The first-order valence-electron chi connectivity index (χ1n) is 13.2. The Morgan fingerprint density at radius 1 is 1.21 bits per heavy atom. The van der Waals surface area contributed by atoms with Crippen LogP contribution in [0, 0.1) is 5.92 Å². The summed E-state index contributed by atoms with van der Waals surface area (Å²) in [5.41, 5.74) is 6.26. The van der Waals surface area contributed by atoms with Crippen LogP contribution >= 0.6 is 0 Å². The van der Waals surface area contributed by atoms with Crippen molar-refractivity contribution in [1.29, 1.82) is 0 Å². The molecule has 208 valence electrons. The van der Waals surface area contributed by atoms with Gasteiger partial charge in [0, 0.05) is 29.7 Å². The lowest BCUT2D eigenvalue weighted by Gasteiger charge is -2.44. The smallest absolute Gasteiger partial charge is 0.251 e. The number of nitrogens with two attached hydrogens (primary N) is 1. The fraction of sp³-hybridized carbons (Fsp3) is 0.483. The number of ether oxygens (including phenoxy) is 3. The third kappa shape index (κ3) is 4.94. The molecule has 0 aromatic heterocycles. The van der Waals surface area contributed by atoms with Crippen LogP contribution in [-0.4, -0.2) is 65.9 Å². The van der Waals surface area contributed by atoms with E-state index in [1.54, 1.807) is 32.2 Å². The van der Waals surface area contributed by atoms with Gasteiger partial charge >= 0.3 is 0 Å². The van der Waals surface area contributed by atoms with Crippen LogP contribution in [0.4, 0.5) is 0 Å². The second-order valence-electron chi connectivity index (χ2n) is 11.1. The van der Waals surface area contributed by atoms with Gasteiger partial charge in [-0.1, -0.05) is 25.1 Å². The Labute approximate surface area is 228 Å². The molecule has 0 unspecified atom stereocenters. The largest absolute Gasteiger partial charge is 0.493 e. The molecule has 10 heteroatoms. The van der Waals surface area contributed by atoms with Gasteiger partial charge in [0.05, 0.1) is 37.3 Å². The highest BCUT2D eigenvalue weighted by atomic mass is 16.5. The van der Waals surface area contributed by atoms with Gasteiger partial charge in [0.25, 0.3) is 5.91 Å². The minimum absolute atomic E-state index is 0.0418. The van der Waals surface area contributed by atoms with Crippen LogP contribution in [0.2, 0.25) is 0 Å². The van der Waals surface area contributed by atoms with Crippen LogP contribution in [0.1, 0.15) is 67.2 Å². The molecule has 3 aliphatic rings. The highest BCUT2D eigenvalue weighted by Crippen LogP contribution is 2.43. The summed E-state index contributed by atoms with van der Waals surface area (Å²) in [5.74, 6) is 0.602. The van der Waals surface area contributed by atoms with E-state index in [2.05, 4.69) is 10.3 Å². The number of carbonyl (C=O) groups excluding carboxylic acids is 2. The maximum Gasteiger partial charge on any atom is 0.251 e. The van der Waals surface area contributed by atoms with Gasteiger partial charge in [-0.3, -0.25) is 14.5 Å². The molecule has 0 radical (unpaired) electrons. The van der Waals surface area contributed by atoms with Crippen LogP contribution < -0.4 is 20.5 Å². The van der Waals surface area contributed by atoms with Gasteiger partial charge in [-0.05, 0) is 44.5 Å². The molecule has 2 amide bonds. The number of methoxy groups -OCH3 is 1. The molecule has 4 N–H and O–H groups in total. The number of aliphatic imine (C=N–C) groups is 1. The summed E-state index contributed by atoms with van der Waals surface area (Å²) >= 11 is 0. The number of hydrogen-bond donors (Lipinski definition) is 3. The highest BCUT2D eigenvalue weighted by molar-refractivity contribution is 6.00. The molecular weight excluding hydrogens is 500 g/mol. The van der Waals surface area contributed by atoms with E-state index in [0.29, 0.717) is 47.8 Å². The van der Waals surface area contributed by atoms with Gasteiger partial charge in [-0.25, -0.2) is 4.99 Å². The number of rotatable bonds is 6. The normalized spacial score (nSPS) is 29.9. The predicted molar refractivity (Wildman–Crippen MR) is 145 cm³/mol. The molecule has 3 aliphatic heterocycles. The summed E-state index contributed by atoms with van der Waals surface area (Å²) in [6.45, 7) is 6.22. The van der Waals surface area contributed by atoms with Gasteiger partial charge in [0.15, 0.2) is 5.96 Å². The molecule has 0 saturated carbocycles. The maximum absolute atomic E-state index is 13.6. The van der Waals surface area contributed by atoms with Crippen molar-refractivity contribution in [1.82, 2.24) is 10.2 Å². The average Bonchev–Trinajstić information content (AvgIpc) is 2.90. The minimum Gasteiger partial charge on any atom is -0.493 e. The van der Waals surface area contributed by atoms with Crippen LogP contribution in [0.25, 0.3) is 0 Å². The van der Waals surface area contributed by atoms with Crippen molar-refractivity contribution in [2.45, 2.75) is 56.8 Å². The second kappa shape index (κ2) is 10.2. The van der Waals surface area contributed by atoms with Crippen molar-refractivity contribution in [3.05, 3.63) is 59.2 Å². The lowest BCUT2D eigenvalue weighted by molar-refractivity contribution is -0.133. The standard InChI is InChI=1S/C29H36N4O6/c1-5-28(2)13-23(34)33(27(30)32-28)24-18(14-37-4)15-38-22-11-10-17(12-20(22)24)26(35)31-25-19-8-6-7-9-21(19)39-16-29(25,3)36/h6-12,18,24-25,36H,5,13-16H2,1-4H3,(H2,30,32)(H,31,35)/t18-,24+,25+,28+,29+/m0/s1. The lowest BCUT2D eigenvalue weighted by Crippen LogP contribution is -2.55. The lowest BCUT2D eigenvalue weighted by atomic mass is 9.86. The topological polar surface area (TPSA) is 136 Å². The van der Waals surface area contributed by atoms with Crippen molar-refractivity contribution < 1.29 is 28.9 Å². The average molecular weight is 537 g/mol. The molecule has 0 aliphatic carbocycles. The van der Waals surface area contributed by atoms with Crippen molar-refractivity contribution in [3.63, 3.8) is 0 Å². The van der Waals surface area contributed by atoms with Crippen LogP contribution in [0.3, 0.4) is 0 Å². The number of para-hydroxylation sites is 1. The van der Waals surface area contributed by atoms with Gasteiger partial charge < -0.3 is 30.4 Å². The number of hydrogen-bond acceptors (Lipinski definition) is 8. The monoisotopic (exact) mass is 536 g/mol. The molecule has 10 nitrogen and oxygen atoms in total. The zero-order chi connectivity index (χ0) is 27.9. The minimum atomic E-state index is -1.31. The van der Waals surface area contributed by atoms with E-state index >= 15 is 0 Å². The fourth-order valence-electron chi connectivity index (χ4n) is 5.65. The Balaban J connectivity index is 1.51. The number of benzene rings is 2. The molecule has 39 heavy (non-hydrogen) atoms. The molecule has 0 spiro atoms. The first-order chi connectivity index (χ1) is 18.6. The fourth-order valence-corrected chi connectivity index (χ4v) is 5.65. The molecule has 5 rings (SSSR count). The number of nitrogens with zero attached hydrogens (tertiary/aromatic N) is 2. The molecule has 3 heterocycles. The summed E-state index contributed by atoms with van der Waals surface area (Å²) in [6, 6.07) is 11.2. The van der Waals surface area contributed by atoms with Gasteiger partial charge in [-0.15, -0.1) is 0 Å². The van der Waals surface area contributed by atoms with Crippen molar-refractivity contribution in [2.24, 2.45) is 16.6 Å². The summed E-state index contributed by atoms with van der Waals surface area (Å²) in [4.78, 5) is 33.3. The SMILES string of the molecule is CC[C@]1(C)CC(=O)N([C@H]2c3cc(C(=O)N[C@@H]4c5ccccc5OC[C@@]4(C)O)ccc3OC[C@@H]2COC)C(N)=N1. The van der Waals surface area contributed by atoms with Crippen molar-refractivity contribution in [2.75, 3.05) is 26.9 Å². The van der Waals surface area contributed by atoms with E-state index in [1.807, 2.05) is 38.1 Å². The molecule has 0 bridgehead atoms. The van der Waals surface area contributed by atoms with Crippen LogP contribution in [0.15, 0.2) is 47.5 Å². The number of amides is 2. The number of fused-ring (bicyclic) bond motifs is 2. The molecule has 2 aromatic carbocycles. The zero-order valence-corrected chi connectivity index (χ0v) is 22.8. The Bertz CT molecular complexity index is 1310. The predicted octanol–water partition coefficient (Wildman–Crippen LogP) is 2.71. The van der Waals surface area contributed by atoms with E-state index in [1.165, 1.54) is 4.90 Å². The third-order valence-corrected chi connectivity index (χ3v) is 7.99. The number of aliphatic hydroxyl groups is 1. The highest BCUT2D eigenvalue weighted by Gasteiger charge is 2.45. The first-order valence-corrected chi connectivity index (χ1v) is 13.2. The number of nitrogens with one attached hydrogen (secondary N) is 1. The summed E-state index contributed by atoms with van der Waals surface area (Å²) in [5, 5.41) is 14.0. The molecule has 2 aromatic rings. The second-order valence-corrected chi connectivity index (χ2v) is 11.1. The van der Waals surface area contributed by atoms with Crippen molar-refractivity contribution in [3.8, 4) is 11.5 Å². The number of guanidine groups is 1. The van der Waals surface area contributed by atoms with Crippen LogP contribution in [-0.2, 0) is 9.53 Å². The van der Waals surface area contributed by atoms with Gasteiger partial charge in [-0.2, -0.15) is 0 Å². The molecule has 5 atom stereocenters. The third-order valence-electron chi connectivity index (χ3n) is 7.99. The summed E-state index contributed by atoms with van der Waals surface area (Å²) in [7, 11) is 1.59. The Morgan fingerprint density at radius 3 is 2.67 bits per heavy atom. The Kier molecular flexibility index (Phi) is 7.02. The summed E-state index contributed by atoms with van der Waals surface area (Å²) in [6.07, 6.45) is 0.914. The van der Waals surface area contributed by atoms with E-state index in [0.717, 1.165) is 0 Å². The van der Waals surface area contributed by atoms with Gasteiger partial charge in [0.2, 0.25) is 5.91 Å². The van der Waals surface area contributed by atoms with Crippen molar-refractivity contribution >= 4 is 17.8 Å². The van der Waals surface area contributed by atoms with Gasteiger partial charge in [0.1, 0.15) is 23.7 Å².